The zero-order valence-electron chi connectivity index (χ0n) is 19.3. The number of halogens is 3. The molecule has 1 fully saturated rings. The quantitative estimate of drug-likeness (QED) is 0.470. The zero-order chi connectivity index (χ0) is 24.7. The van der Waals surface area contributed by atoms with Gasteiger partial charge in [-0.3, -0.25) is 4.68 Å². The van der Waals surface area contributed by atoms with Gasteiger partial charge in [0.1, 0.15) is 11.6 Å². The molecule has 2 N–H and O–H groups in total. The number of nitrogens with two attached hydrogens (primary N) is 1. The van der Waals surface area contributed by atoms with Crippen molar-refractivity contribution >= 4 is 28.5 Å². The highest BCUT2D eigenvalue weighted by molar-refractivity contribution is 5.99. The summed E-state index contributed by atoms with van der Waals surface area (Å²) in [5.74, 6) is 1.64. The van der Waals surface area contributed by atoms with Crippen molar-refractivity contribution in [2.75, 3.05) is 48.8 Å². The standard InChI is InChI=1S/C24H24F3N7O/c1-32-21(28)19-20(15-5-3-8-18(13-15)35-2)29-23(30-22(19)31-32)34-11-9-33(10-12-34)17-7-4-6-16(14-17)24(25,26)27/h3-8,13-14H,9-12,28H2,1-2H3. The Balaban J connectivity index is 1.45. The lowest BCUT2D eigenvalue weighted by Gasteiger charge is -2.36. The van der Waals surface area contributed by atoms with Gasteiger partial charge >= 0.3 is 6.18 Å². The molecule has 1 aliphatic heterocycles. The Hall–Kier alpha value is -4.02. The van der Waals surface area contributed by atoms with Crippen LogP contribution in [0.1, 0.15) is 5.56 Å². The van der Waals surface area contributed by atoms with Gasteiger partial charge < -0.3 is 20.3 Å². The van der Waals surface area contributed by atoms with Crippen LogP contribution in [0.2, 0.25) is 0 Å². The summed E-state index contributed by atoms with van der Waals surface area (Å²) in [7, 11) is 3.35. The van der Waals surface area contributed by atoms with Crippen molar-refractivity contribution in [1.29, 1.82) is 0 Å². The van der Waals surface area contributed by atoms with Crippen molar-refractivity contribution in [2.24, 2.45) is 7.05 Å². The number of nitrogens with zero attached hydrogens (tertiary/aromatic N) is 6. The van der Waals surface area contributed by atoms with E-state index in [1.165, 1.54) is 12.1 Å². The van der Waals surface area contributed by atoms with Gasteiger partial charge in [0.2, 0.25) is 5.95 Å². The Morgan fingerprint density at radius 2 is 1.66 bits per heavy atom. The summed E-state index contributed by atoms with van der Waals surface area (Å²) in [6, 6.07) is 12.9. The maximum Gasteiger partial charge on any atom is 0.416 e. The van der Waals surface area contributed by atoms with Crippen LogP contribution in [-0.4, -0.2) is 53.0 Å². The van der Waals surface area contributed by atoms with Gasteiger partial charge in [-0.25, -0.2) is 4.98 Å². The van der Waals surface area contributed by atoms with Crippen LogP contribution in [0.5, 0.6) is 5.75 Å². The summed E-state index contributed by atoms with van der Waals surface area (Å²) in [5.41, 5.74) is 8.13. The molecule has 0 atom stereocenters. The first kappa shape index (κ1) is 22.8. The third-order valence-electron chi connectivity index (χ3n) is 6.17. The second-order valence-corrected chi connectivity index (χ2v) is 8.33. The lowest BCUT2D eigenvalue weighted by atomic mass is 10.1. The van der Waals surface area contributed by atoms with Crippen LogP contribution in [0.15, 0.2) is 48.5 Å². The van der Waals surface area contributed by atoms with E-state index in [0.717, 1.165) is 11.6 Å². The minimum atomic E-state index is -4.37. The summed E-state index contributed by atoms with van der Waals surface area (Å²) >= 11 is 0. The van der Waals surface area contributed by atoms with Crippen molar-refractivity contribution in [1.82, 2.24) is 19.7 Å². The number of aromatic nitrogens is 4. The molecule has 3 heterocycles. The molecule has 8 nitrogen and oxygen atoms in total. The van der Waals surface area contributed by atoms with Crippen LogP contribution >= 0.6 is 0 Å². The summed E-state index contributed by atoms with van der Waals surface area (Å²) in [5, 5.41) is 5.12. The van der Waals surface area contributed by atoms with E-state index >= 15 is 0 Å². The lowest BCUT2D eigenvalue weighted by Crippen LogP contribution is -2.47. The smallest absolute Gasteiger partial charge is 0.416 e. The maximum absolute atomic E-state index is 13.1. The molecular formula is C24H24F3N7O. The predicted octanol–water partition coefficient (Wildman–Crippen LogP) is 3.97. The number of piperazine rings is 1. The highest BCUT2D eigenvalue weighted by Gasteiger charge is 2.31. The Morgan fingerprint density at radius 1 is 0.943 bits per heavy atom. The number of fused-ring (bicyclic) bond motifs is 1. The molecule has 182 valence electrons. The van der Waals surface area contributed by atoms with Crippen molar-refractivity contribution in [2.45, 2.75) is 6.18 Å². The molecular weight excluding hydrogens is 459 g/mol. The number of rotatable bonds is 4. The van der Waals surface area contributed by atoms with E-state index in [1.807, 2.05) is 34.1 Å². The van der Waals surface area contributed by atoms with E-state index in [0.29, 0.717) is 66.1 Å². The maximum atomic E-state index is 13.1. The first-order valence-corrected chi connectivity index (χ1v) is 11.1. The molecule has 2 aromatic carbocycles. The number of alkyl halides is 3. The van der Waals surface area contributed by atoms with Gasteiger partial charge in [0.25, 0.3) is 0 Å². The molecule has 2 aromatic heterocycles. The second kappa shape index (κ2) is 8.64. The topological polar surface area (TPSA) is 85.3 Å². The average molecular weight is 483 g/mol. The number of methoxy groups -OCH3 is 1. The molecule has 0 amide bonds. The fourth-order valence-electron chi connectivity index (χ4n) is 4.27. The minimum Gasteiger partial charge on any atom is -0.497 e. The van der Waals surface area contributed by atoms with Crippen molar-refractivity contribution < 1.29 is 17.9 Å². The summed E-state index contributed by atoms with van der Waals surface area (Å²) in [4.78, 5) is 13.5. The van der Waals surface area contributed by atoms with Crippen LogP contribution in [0.4, 0.5) is 30.6 Å². The first-order chi connectivity index (χ1) is 16.7. The molecule has 5 rings (SSSR count). The van der Waals surface area contributed by atoms with Gasteiger partial charge in [-0.05, 0) is 30.3 Å². The van der Waals surface area contributed by atoms with Gasteiger partial charge in [0.05, 0.1) is 23.8 Å². The third-order valence-corrected chi connectivity index (χ3v) is 6.17. The highest BCUT2D eigenvalue weighted by atomic mass is 19.4. The molecule has 11 heteroatoms. The monoisotopic (exact) mass is 483 g/mol. The van der Waals surface area contributed by atoms with Gasteiger partial charge in [-0.15, -0.1) is 0 Å². The largest absolute Gasteiger partial charge is 0.497 e. The Morgan fingerprint density at radius 3 is 2.37 bits per heavy atom. The zero-order valence-corrected chi connectivity index (χ0v) is 19.3. The molecule has 0 spiro atoms. The van der Waals surface area contributed by atoms with E-state index in [1.54, 1.807) is 24.9 Å². The van der Waals surface area contributed by atoms with Crippen molar-refractivity contribution in [3.05, 3.63) is 54.1 Å². The molecule has 35 heavy (non-hydrogen) atoms. The number of benzene rings is 2. The number of aryl methyl sites for hydroxylation is 1. The van der Waals surface area contributed by atoms with Crippen LogP contribution < -0.4 is 20.3 Å². The number of anilines is 3. The summed E-state index contributed by atoms with van der Waals surface area (Å²) in [6.45, 7) is 2.15. The third kappa shape index (κ3) is 4.29. The van der Waals surface area contributed by atoms with Crippen LogP contribution in [-0.2, 0) is 13.2 Å². The first-order valence-electron chi connectivity index (χ1n) is 11.1. The molecule has 0 unspecified atom stereocenters. The van der Waals surface area contributed by atoms with Gasteiger partial charge in [-0.2, -0.15) is 23.3 Å². The normalized spacial score (nSPS) is 14.5. The van der Waals surface area contributed by atoms with E-state index in [2.05, 4.69) is 10.1 Å². The second-order valence-electron chi connectivity index (χ2n) is 8.33. The van der Waals surface area contributed by atoms with E-state index in [4.69, 9.17) is 15.5 Å². The fourth-order valence-corrected chi connectivity index (χ4v) is 4.27. The predicted molar refractivity (Wildman–Crippen MR) is 129 cm³/mol. The average Bonchev–Trinajstić information content (AvgIpc) is 3.16. The molecule has 1 saturated heterocycles. The number of ether oxygens (including phenoxy) is 1. The Kier molecular flexibility index (Phi) is 5.62. The fraction of sp³-hybridized carbons (Fsp3) is 0.292. The van der Waals surface area contributed by atoms with E-state index in [9.17, 15) is 13.2 Å². The molecule has 1 aliphatic rings. The highest BCUT2D eigenvalue weighted by Crippen LogP contribution is 2.34. The van der Waals surface area contributed by atoms with E-state index < -0.39 is 11.7 Å². The van der Waals surface area contributed by atoms with Gasteiger partial charge in [-0.1, -0.05) is 18.2 Å². The minimum absolute atomic E-state index is 0.457. The Labute approximate surface area is 199 Å². The van der Waals surface area contributed by atoms with Crippen LogP contribution in [0.3, 0.4) is 0 Å². The van der Waals surface area contributed by atoms with Crippen molar-refractivity contribution in [3.8, 4) is 17.0 Å². The molecule has 0 bridgehead atoms. The summed E-state index contributed by atoms with van der Waals surface area (Å²) < 4.78 is 46.3. The number of hydrogen-bond acceptors (Lipinski definition) is 7. The lowest BCUT2D eigenvalue weighted by molar-refractivity contribution is -0.137. The molecule has 0 saturated carbocycles. The van der Waals surface area contributed by atoms with Crippen LogP contribution in [0, 0.1) is 0 Å². The number of hydrogen-bond donors (Lipinski definition) is 1. The van der Waals surface area contributed by atoms with Crippen LogP contribution in [0.25, 0.3) is 22.3 Å². The number of nitrogen functional groups attached to an aromatic ring is 1. The molecule has 0 radical (unpaired) electrons. The van der Waals surface area contributed by atoms with Crippen molar-refractivity contribution in [3.63, 3.8) is 0 Å². The van der Waals surface area contributed by atoms with Gasteiger partial charge in [0, 0.05) is 44.5 Å². The molecule has 4 aromatic rings. The van der Waals surface area contributed by atoms with Gasteiger partial charge in [0.15, 0.2) is 5.65 Å². The summed E-state index contributed by atoms with van der Waals surface area (Å²) in [6.07, 6.45) is -4.37. The van der Waals surface area contributed by atoms with E-state index in [-0.39, 0.29) is 0 Å². The molecule has 0 aliphatic carbocycles. The SMILES string of the molecule is COc1cccc(-c2nc(N3CCN(c4cccc(C(F)(F)F)c4)CC3)nc3nn(C)c(N)c23)c1. The Bertz CT molecular complexity index is 1380.